The second kappa shape index (κ2) is 6.74. The van der Waals surface area contributed by atoms with E-state index in [2.05, 4.69) is 10.1 Å². The van der Waals surface area contributed by atoms with E-state index in [0.29, 0.717) is 27.9 Å². The number of fused-ring (bicyclic) bond motifs is 1. The fourth-order valence-corrected chi connectivity index (χ4v) is 4.13. The molecule has 1 aliphatic heterocycles. The Bertz CT molecular complexity index is 917. The van der Waals surface area contributed by atoms with Crippen molar-refractivity contribution in [3.63, 3.8) is 0 Å². The molecule has 25 heavy (non-hydrogen) atoms. The van der Waals surface area contributed by atoms with Crippen molar-refractivity contribution < 1.29 is 14.1 Å². The maximum atomic E-state index is 13.0. The zero-order valence-electron chi connectivity index (χ0n) is 13.6. The molecule has 1 atom stereocenters. The van der Waals surface area contributed by atoms with Crippen LogP contribution in [0.15, 0.2) is 28.8 Å². The van der Waals surface area contributed by atoms with E-state index in [9.17, 15) is 4.79 Å². The molecule has 3 heterocycles. The van der Waals surface area contributed by atoms with Gasteiger partial charge < -0.3 is 9.26 Å². The molecule has 4 rings (SSSR count). The zero-order valence-corrected chi connectivity index (χ0v) is 15.1. The molecular formula is C17H16ClN3O3S. The predicted molar refractivity (Wildman–Crippen MR) is 96.5 cm³/mol. The van der Waals surface area contributed by atoms with Gasteiger partial charge in [0.1, 0.15) is 5.52 Å². The quantitative estimate of drug-likeness (QED) is 0.685. The Balaban J connectivity index is 1.72. The third-order valence-electron chi connectivity index (χ3n) is 4.08. The van der Waals surface area contributed by atoms with Crippen LogP contribution in [0, 0.1) is 6.92 Å². The number of amides is 1. The monoisotopic (exact) mass is 377 g/mol. The topological polar surface area (TPSA) is 68.5 Å². The third kappa shape index (κ3) is 3.27. The van der Waals surface area contributed by atoms with Crippen LogP contribution in [0.4, 0.5) is 5.13 Å². The van der Waals surface area contributed by atoms with Gasteiger partial charge in [0, 0.05) is 12.7 Å². The number of para-hydroxylation sites is 1. The summed E-state index contributed by atoms with van der Waals surface area (Å²) >= 11 is 7.66. The molecule has 0 saturated carbocycles. The summed E-state index contributed by atoms with van der Waals surface area (Å²) in [7, 11) is 0. The van der Waals surface area contributed by atoms with Gasteiger partial charge in [-0.1, -0.05) is 34.2 Å². The second-order valence-electron chi connectivity index (χ2n) is 5.97. The van der Waals surface area contributed by atoms with Crippen LogP contribution in [0.2, 0.25) is 5.02 Å². The summed E-state index contributed by atoms with van der Waals surface area (Å²) in [6.07, 6.45) is 1.92. The number of aromatic nitrogens is 2. The van der Waals surface area contributed by atoms with Gasteiger partial charge in [-0.05, 0) is 31.9 Å². The van der Waals surface area contributed by atoms with E-state index in [-0.39, 0.29) is 17.8 Å². The van der Waals surface area contributed by atoms with Gasteiger partial charge in [-0.25, -0.2) is 4.98 Å². The number of hydrogen-bond acceptors (Lipinski definition) is 6. The van der Waals surface area contributed by atoms with Crippen LogP contribution < -0.4 is 4.90 Å². The summed E-state index contributed by atoms with van der Waals surface area (Å²) in [6.45, 7) is 2.93. The van der Waals surface area contributed by atoms with Crippen molar-refractivity contribution in [2.45, 2.75) is 25.9 Å². The Kier molecular flexibility index (Phi) is 4.45. The molecule has 1 aromatic carbocycles. The van der Waals surface area contributed by atoms with Crippen molar-refractivity contribution in [1.82, 2.24) is 10.1 Å². The Morgan fingerprint density at radius 1 is 1.48 bits per heavy atom. The van der Waals surface area contributed by atoms with Crippen LogP contribution in [0.3, 0.4) is 0 Å². The number of carbonyl (C=O) groups excluding carboxylic acids is 1. The zero-order chi connectivity index (χ0) is 17.4. The number of ether oxygens (including phenoxy) is 1. The van der Waals surface area contributed by atoms with Gasteiger partial charge in [0.15, 0.2) is 5.13 Å². The van der Waals surface area contributed by atoms with Crippen molar-refractivity contribution in [2.75, 3.05) is 18.1 Å². The van der Waals surface area contributed by atoms with E-state index < -0.39 is 0 Å². The number of halogens is 1. The van der Waals surface area contributed by atoms with Crippen LogP contribution in [-0.4, -0.2) is 35.3 Å². The van der Waals surface area contributed by atoms with Gasteiger partial charge in [0.05, 0.1) is 28.1 Å². The molecule has 0 bridgehead atoms. The highest BCUT2D eigenvalue weighted by atomic mass is 35.5. The van der Waals surface area contributed by atoms with Gasteiger partial charge in [-0.2, -0.15) is 0 Å². The first-order valence-electron chi connectivity index (χ1n) is 8.03. The third-order valence-corrected chi connectivity index (χ3v) is 5.43. The highest BCUT2D eigenvalue weighted by Gasteiger charge is 2.29. The van der Waals surface area contributed by atoms with E-state index in [1.54, 1.807) is 24.0 Å². The molecule has 1 fully saturated rings. The van der Waals surface area contributed by atoms with Gasteiger partial charge >= 0.3 is 0 Å². The summed E-state index contributed by atoms with van der Waals surface area (Å²) in [5, 5.41) is 4.96. The SMILES string of the molecule is Cc1cc(C(=O)N(C[C@H]2CCCO2)c2nc3c(Cl)cccc3s2)on1. The fraction of sp³-hybridized carbons (Fsp3) is 0.353. The summed E-state index contributed by atoms with van der Waals surface area (Å²) in [5.74, 6) is -0.0767. The first-order chi connectivity index (χ1) is 12.1. The Hall–Kier alpha value is -1.96. The van der Waals surface area contributed by atoms with Crippen LogP contribution in [0.5, 0.6) is 0 Å². The lowest BCUT2D eigenvalue weighted by Gasteiger charge is -2.21. The highest BCUT2D eigenvalue weighted by molar-refractivity contribution is 7.22. The average molecular weight is 378 g/mol. The molecule has 0 unspecified atom stereocenters. The standard InChI is InChI=1S/C17H16ClN3O3S/c1-10-8-13(24-20-10)16(22)21(9-11-4-3-7-23-11)17-19-15-12(18)5-2-6-14(15)25-17/h2,5-6,8,11H,3-4,7,9H2,1H3/t11-/m1/s1. The number of hydrogen-bond donors (Lipinski definition) is 0. The van der Waals surface area contributed by atoms with Crippen molar-refractivity contribution in [2.24, 2.45) is 0 Å². The number of anilines is 1. The van der Waals surface area contributed by atoms with Gasteiger partial charge in [-0.15, -0.1) is 0 Å². The molecule has 0 radical (unpaired) electrons. The molecule has 2 aromatic heterocycles. The maximum Gasteiger partial charge on any atom is 0.298 e. The molecular weight excluding hydrogens is 362 g/mol. The normalized spacial score (nSPS) is 17.3. The molecule has 0 spiro atoms. The van der Waals surface area contributed by atoms with E-state index >= 15 is 0 Å². The van der Waals surface area contributed by atoms with Crippen LogP contribution in [0.1, 0.15) is 29.1 Å². The predicted octanol–water partition coefficient (Wildman–Crippen LogP) is 4.07. The summed E-state index contributed by atoms with van der Waals surface area (Å²) in [4.78, 5) is 19.2. The average Bonchev–Trinajstić information content (AvgIpc) is 3.32. The van der Waals surface area contributed by atoms with Crippen LogP contribution >= 0.6 is 22.9 Å². The minimum absolute atomic E-state index is 0.00421. The molecule has 0 N–H and O–H groups in total. The maximum absolute atomic E-state index is 13.0. The van der Waals surface area contributed by atoms with Gasteiger partial charge in [0.25, 0.3) is 5.91 Å². The van der Waals surface area contributed by atoms with Crippen LogP contribution in [0.25, 0.3) is 10.2 Å². The highest BCUT2D eigenvalue weighted by Crippen LogP contribution is 2.34. The van der Waals surface area contributed by atoms with Gasteiger partial charge in [-0.3, -0.25) is 9.69 Å². The second-order valence-corrected chi connectivity index (χ2v) is 7.38. The molecule has 8 heteroatoms. The molecule has 1 saturated heterocycles. The largest absolute Gasteiger partial charge is 0.376 e. The molecule has 1 aliphatic rings. The number of aryl methyl sites for hydroxylation is 1. The number of rotatable bonds is 4. The lowest BCUT2D eigenvalue weighted by Crippen LogP contribution is -2.37. The minimum Gasteiger partial charge on any atom is -0.376 e. The van der Waals surface area contributed by atoms with E-state index in [1.165, 1.54) is 11.3 Å². The van der Waals surface area contributed by atoms with Crippen molar-refractivity contribution in [3.05, 3.63) is 40.7 Å². The molecule has 6 nitrogen and oxygen atoms in total. The molecule has 1 amide bonds. The minimum atomic E-state index is -0.272. The smallest absolute Gasteiger partial charge is 0.298 e. The van der Waals surface area contributed by atoms with Crippen molar-refractivity contribution >= 4 is 44.2 Å². The molecule has 0 aliphatic carbocycles. The molecule has 130 valence electrons. The van der Waals surface area contributed by atoms with E-state index in [4.69, 9.17) is 20.9 Å². The molecule has 3 aromatic rings. The summed E-state index contributed by atoms with van der Waals surface area (Å²) in [6, 6.07) is 7.24. The number of carbonyl (C=O) groups is 1. The van der Waals surface area contributed by atoms with Gasteiger partial charge in [0.2, 0.25) is 5.76 Å². The Morgan fingerprint density at radius 2 is 2.36 bits per heavy atom. The van der Waals surface area contributed by atoms with E-state index in [1.807, 2.05) is 12.1 Å². The van der Waals surface area contributed by atoms with E-state index in [0.717, 1.165) is 24.1 Å². The summed E-state index contributed by atoms with van der Waals surface area (Å²) in [5.41, 5.74) is 1.36. The lowest BCUT2D eigenvalue weighted by molar-refractivity contribution is 0.0887. The van der Waals surface area contributed by atoms with Crippen molar-refractivity contribution in [3.8, 4) is 0 Å². The van der Waals surface area contributed by atoms with Crippen molar-refractivity contribution in [1.29, 1.82) is 0 Å². The number of benzene rings is 1. The fourth-order valence-electron chi connectivity index (χ4n) is 2.86. The van der Waals surface area contributed by atoms with Crippen LogP contribution in [-0.2, 0) is 4.74 Å². The number of nitrogens with zero attached hydrogens (tertiary/aromatic N) is 3. The first-order valence-corrected chi connectivity index (χ1v) is 9.23. The first kappa shape index (κ1) is 16.5. The lowest BCUT2D eigenvalue weighted by atomic mass is 10.2. The summed E-state index contributed by atoms with van der Waals surface area (Å²) < 4.78 is 11.8. The Labute approximate surface area is 153 Å². The number of thiazole rings is 1. The Morgan fingerprint density at radius 3 is 3.04 bits per heavy atom.